The second-order valence-corrected chi connectivity index (χ2v) is 19.2. The highest BCUT2D eigenvalue weighted by atomic mass is 31.2. The van der Waals surface area contributed by atoms with Gasteiger partial charge in [-0.3, -0.25) is 9.36 Å². The van der Waals surface area contributed by atoms with E-state index < -0.39 is 26.6 Å². The first-order chi connectivity index (χ1) is 29.0. The van der Waals surface area contributed by atoms with Crippen molar-refractivity contribution in [2.24, 2.45) is 0 Å². The van der Waals surface area contributed by atoms with Crippen molar-refractivity contribution in [3.63, 3.8) is 0 Å². The molecule has 350 valence electrons. The van der Waals surface area contributed by atoms with E-state index >= 15 is 0 Å². The largest absolute Gasteiger partial charge is 0.756 e. The lowest BCUT2D eigenvalue weighted by molar-refractivity contribution is -0.870. The zero-order chi connectivity index (χ0) is 44.3. The summed E-state index contributed by atoms with van der Waals surface area (Å²) in [6, 6.07) is -0.917. The molecule has 8 nitrogen and oxygen atoms in total. The van der Waals surface area contributed by atoms with Crippen molar-refractivity contribution in [1.29, 1.82) is 0 Å². The first-order valence-electron chi connectivity index (χ1n) is 24.7. The van der Waals surface area contributed by atoms with Crippen molar-refractivity contribution in [2.45, 2.75) is 219 Å². The van der Waals surface area contributed by atoms with E-state index in [1.807, 2.05) is 27.2 Å². The SMILES string of the molecule is CCCCCCCCC/C=C/C/C=C/C/C=C/C/C=C/CCCC(=O)N[C@@H](COP(=O)([O-])OCC[N+](C)(C)C)[C@H](O)/C=C/CCCCCCCCCCCCCCCCC. The first-order valence-corrected chi connectivity index (χ1v) is 26.1. The molecule has 0 fully saturated rings. The smallest absolute Gasteiger partial charge is 0.268 e. The van der Waals surface area contributed by atoms with Gasteiger partial charge in [-0.1, -0.05) is 203 Å². The Morgan fingerprint density at radius 3 is 1.40 bits per heavy atom. The van der Waals surface area contributed by atoms with Gasteiger partial charge in [0.05, 0.1) is 39.9 Å². The quantitative estimate of drug-likeness (QED) is 0.0273. The number of amides is 1. The Hall–Kier alpha value is -1.80. The molecule has 0 aliphatic rings. The Bertz CT molecular complexity index is 1160. The van der Waals surface area contributed by atoms with E-state index in [0.29, 0.717) is 17.4 Å². The number of quaternary nitrogens is 1. The van der Waals surface area contributed by atoms with Crippen LogP contribution in [0.3, 0.4) is 0 Å². The number of hydrogen-bond donors (Lipinski definition) is 2. The first kappa shape index (κ1) is 58.2. The molecule has 3 atom stereocenters. The number of nitrogens with zero attached hydrogens (tertiary/aromatic N) is 1. The van der Waals surface area contributed by atoms with Gasteiger partial charge in [0.1, 0.15) is 13.2 Å². The lowest BCUT2D eigenvalue weighted by Gasteiger charge is -2.29. The van der Waals surface area contributed by atoms with Crippen molar-refractivity contribution in [2.75, 3.05) is 40.9 Å². The summed E-state index contributed by atoms with van der Waals surface area (Å²) >= 11 is 0. The van der Waals surface area contributed by atoms with Gasteiger partial charge in [0.2, 0.25) is 5.91 Å². The molecule has 0 aromatic rings. The van der Waals surface area contributed by atoms with Crippen LogP contribution in [-0.4, -0.2) is 68.5 Å². The van der Waals surface area contributed by atoms with Gasteiger partial charge >= 0.3 is 0 Å². The number of nitrogens with one attached hydrogen (secondary N) is 1. The fraction of sp³-hybridized carbons (Fsp3) is 0.784. The highest BCUT2D eigenvalue weighted by Crippen LogP contribution is 2.38. The molecule has 1 unspecified atom stereocenters. The summed E-state index contributed by atoms with van der Waals surface area (Å²) in [5, 5.41) is 13.8. The maximum atomic E-state index is 12.9. The maximum absolute atomic E-state index is 12.9. The molecule has 0 aromatic carbocycles. The zero-order valence-corrected chi connectivity index (χ0v) is 40.5. The molecule has 2 N–H and O–H groups in total. The summed E-state index contributed by atoms with van der Waals surface area (Å²) in [7, 11) is 1.22. The third-order valence-electron chi connectivity index (χ3n) is 10.7. The molecular formula is C51H95N2O6P. The Morgan fingerprint density at radius 1 is 0.583 bits per heavy atom. The number of phosphoric ester groups is 1. The number of aliphatic hydroxyl groups is 1. The molecule has 0 aliphatic heterocycles. The molecule has 0 radical (unpaired) electrons. The van der Waals surface area contributed by atoms with Crippen LogP contribution in [0, 0.1) is 0 Å². The van der Waals surface area contributed by atoms with Gasteiger partial charge < -0.3 is 28.8 Å². The van der Waals surface area contributed by atoms with Gasteiger partial charge in [0.25, 0.3) is 7.82 Å². The second kappa shape index (κ2) is 42.5. The molecule has 0 bridgehead atoms. The summed E-state index contributed by atoms with van der Waals surface area (Å²) in [6.07, 6.45) is 55.6. The number of carbonyl (C=O) groups excluding carboxylic acids is 1. The van der Waals surface area contributed by atoms with Crippen LogP contribution in [-0.2, 0) is 18.4 Å². The van der Waals surface area contributed by atoms with Crippen LogP contribution in [0.2, 0.25) is 0 Å². The minimum absolute atomic E-state index is 0.0132. The Labute approximate surface area is 371 Å². The molecule has 0 rings (SSSR count). The molecule has 60 heavy (non-hydrogen) atoms. The maximum Gasteiger partial charge on any atom is 0.268 e. The van der Waals surface area contributed by atoms with Crippen molar-refractivity contribution >= 4 is 13.7 Å². The summed E-state index contributed by atoms with van der Waals surface area (Å²) in [5.74, 6) is -0.252. The van der Waals surface area contributed by atoms with E-state index in [1.165, 1.54) is 135 Å². The molecule has 0 spiro atoms. The Balaban J connectivity index is 4.47. The standard InChI is InChI=1S/C51H95N2O6P/c1-6-8-10-12-14-16-18-20-22-24-25-26-27-29-31-33-35-37-39-41-43-45-51(55)52-49(48-59-60(56,57)58-47-46-53(3,4)5)50(54)44-42-40-38-36-34-32-30-28-23-21-19-17-15-13-11-9-7-2/h22,24,26-27,31,33,37,39,42,44,49-50,54H,6-21,23,25,28-30,32,34-36,38,40-41,43,45-48H2,1-5H3,(H-,52,55,56,57)/b24-22+,27-26+,33-31+,39-37+,44-42+/t49-,50+/m0/s1. The summed E-state index contributed by atoms with van der Waals surface area (Å²) in [5.41, 5.74) is 0. The molecular weight excluding hydrogens is 768 g/mol. The van der Waals surface area contributed by atoms with E-state index in [-0.39, 0.29) is 18.9 Å². The number of aliphatic hydroxyl groups excluding tert-OH is 1. The van der Waals surface area contributed by atoms with Crippen LogP contribution in [0.5, 0.6) is 0 Å². The van der Waals surface area contributed by atoms with Gasteiger partial charge in [0.15, 0.2) is 0 Å². The minimum atomic E-state index is -4.61. The van der Waals surface area contributed by atoms with Gasteiger partial charge in [-0.25, -0.2) is 0 Å². The van der Waals surface area contributed by atoms with Gasteiger partial charge in [-0.2, -0.15) is 0 Å². The Morgan fingerprint density at radius 2 is 0.967 bits per heavy atom. The van der Waals surface area contributed by atoms with Gasteiger partial charge in [-0.05, 0) is 57.8 Å². The van der Waals surface area contributed by atoms with E-state index in [1.54, 1.807) is 6.08 Å². The predicted octanol–water partition coefficient (Wildman–Crippen LogP) is 13.6. The van der Waals surface area contributed by atoms with Crippen LogP contribution < -0.4 is 10.2 Å². The Kier molecular flexibility index (Phi) is 41.2. The van der Waals surface area contributed by atoms with E-state index in [9.17, 15) is 19.4 Å². The molecule has 0 aromatic heterocycles. The molecule has 9 heteroatoms. The van der Waals surface area contributed by atoms with Crippen molar-refractivity contribution in [1.82, 2.24) is 5.32 Å². The van der Waals surface area contributed by atoms with Gasteiger partial charge in [0, 0.05) is 6.42 Å². The summed E-state index contributed by atoms with van der Waals surface area (Å²) in [6.45, 7) is 4.60. The van der Waals surface area contributed by atoms with E-state index in [2.05, 4.69) is 67.8 Å². The molecule has 1 amide bonds. The van der Waals surface area contributed by atoms with Crippen molar-refractivity contribution in [3.05, 3.63) is 60.8 Å². The van der Waals surface area contributed by atoms with Crippen LogP contribution >= 0.6 is 7.82 Å². The lowest BCUT2D eigenvalue weighted by Crippen LogP contribution is -2.45. The normalized spacial score (nSPS) is 14.7. The molecule has 0 saturated carbocycles. The molecule has 0 heterocycles. The number of hydrogen-bond acceptors (Lipinski definition) is 6. The number of carbonyl (C=O) groups is 1. The van der Waals surface area contributed by atoms with Crippen LogP contribution in [0.25, 0.3) is 0 Å². The van der Waals surface area contributed by atoms with Crippen LogP contribution in [0.1, 0.15) is 206 Å². The average molecular weight is 863 g/mol. The highest BCUT2D eigenvalue weighted by molar-refractivity contribution is 7.45. The topological polar surface area (TPSA) is 108 Å². The van der Waals surface area contributed by atoms with Crippen LogP contribution in [0.4, 0.5) is 0 Å². The number of phosphoric acid groups is 1. The van der Waals surface area contributed by atoms with Crippen molar-refractivity contribution in [3.8, 4) is 0 Å². The average Bonchev–Trinajstić information content (AvgIpc) is 3.20. The number of unbranched alkanes of at least 4 members (excludes halogenated alkanes) is 23. The molecule has 0 aliphatic carbocycles. The lowest BCUT2D eigenvalue weighted by atomic mass is 10.0. The third kappa shape index (κ3) is 44.3. The fourth-order valence-electron chi connectivity index (χ4n) is 6.79. The monoisotopic (exact) mass is 863 g/mol. The summed E-state index contributed by atoms with van der Waals surface area (Å²) in [4.78, 5) is 25.3. The highest BCUT2D eigenvalue weighted by Gasteiger charge is 2.23. The number of rotatable bonds is 44. The predicted molar refractivity (Wildman–Crippen MR) is 256 cm³/mol. The molecule has 0 saturated heterocycles. The fourth-order valence-corrected chi connectivity index (χ4v) is 7.51. The van der Waals surface area contributed by atoms with Crippen molar-refractivity contribution < 1.29 is 32.9 Å². The minimum Gasteiger partial charge on any atom is -0.756 e. The van der Waals surface area contributed by atoms with Crippen LogP contribution in [0.15, 0.2) is 60.8 Å². The van der Waals surface area contributed by atoms with E-state index in [0.717, 1.165) is 44.9 Å². The number of likely N-dealkylation sites (N-methyl/N-ethyl adjacent to an activating group) is 1. The van der Waals surface area contributed by atoms with E-state index in [4.69, 9.17) is 9.05 Å². The third-order valence-corrected chi connectivity index (χ3v) is 11.7. The summed E-state index contributed by atoms with van der Waals surface area (Å²) < 4.78 is 23.2. The zero-order valence-electron chi connectivity index (χ0n) is 39.6. The van der Waals surface area contributed by atoms with Gasteiger partial charge in [-0.15, -0.1) is 0 Å². The number of allylic oxidation sites excluding steroid dienone is 9. The second-order valence-electron chi connectivity index (χ2n) is 17.8.